The van der Waals surface area contributed by atoms with Crippen LogP contribution in [0, 0.1) is 5.82 Å². The molecule has 6 nitrogen and oxygen atoms in total. The van der Waals surface area contributed by atoms with Gasteiger partial charge in [-0.3, -0.25) is 9.59 Å². The lowest BCUT2D eigenvalue weighted by Gasteiger charge is -2.17. The highest BCUT2D eigenvalue weighted by molar-refractivity contribution is 7.90. The number of anilines is 1. The molecule has 0 aliphatic rings. The third kappa shape index (κ3) is 6.35. The summed E-state index contributed by atoms with van der Waals surface area (Å²) in [6, 6.07) is 4.52. The van der Waals surface area contributed by atoms with E-state index in [1.165, 1.54) is 25.1 Å². The first-order valence-corrected chi connectivity index (χ1v) is 8.25. The van der Waals surface area contributed by atoms with Crippen molar-refractivity contribution in [1.29, 1.82) is 0 Å². The Bertz CT molecular complexity index is 631. The SMILES string of the molecule is CC(=O)NC(CCS(C)(=O)=O)C(=O)Nc1ccccc1F. The summed E-state index contributed by atoms with van der Waals surface area (Å²) >= 11 is 0. The normalized spacial score (nSPS) is 12.5. The van der Waals surface area contributed by atoms with Crippen molar-refractivity contribution in [3.63, 3.8) is 0 Å². The van der Waals surface area contributed by atoms with E-state index in [-0.39, 0.29) is 17.9 Å². The maximum absolute atomic E-state index is 13.5. The van der Waals surface area contributed by atoms with E-state index in [0.717, 1.165) is 6.26 Å². The lowest BCUT2D eigenvalue weighted by molar-refractivity contribution is -0.125. The van der Waals surface area contributed by atoms with Gasteiger partial charge in [0.15, 0.2) is 0 Å². The van der Waals surface area contributed by atoms with Crippen LogP contribution in [0.1, 0.15) is 13.3 Å². The molecule has 1 aromatic rings. The highest BCUT2D eigenvalue weighted by Gasteiger charge is 2.22. The van der Waals surface area contributed by atoms with E-state index in [2.05, 4.69) is 10.6 Å². The van der Waals surface area contributed by atoms with E-state index < -0.39 is 33.5 Å². The molecule has 0 saturated heterocycles. The van der Waals surface area contributed by atoms with E-state index in [1.54, 1.807) is 6.07 Å². The predicted molar refractivity (Wildman–Crippen MR) is 77.0 cm³/mol. The van der Waals surface area contributed by atoms with Gasteiger partial charge in [-0.25, -0.2) is 12.8 Å². The molecule has 116 valence electrons. The van der Waals surface area contributed by atoms with Crippen LogP contribution in [0.15, 0.2) is 24.3 Å². The smallest absolute Gasteiger partial charge is 0.247 e. The van der Waals surface area contributed by atoms with Crippen LogP contribution in [0.5, 0.6) is 0 Å². The van der Waals surface area contributed by atoms with Crippen LogP contribution in [-0.2, 0) is 19.4 Å². The highest BCUT2D eigenvalue weighted by atomic mass is 32.2. The molecule has 1 atom stereocenters. The van der Waals surface area contributed by atoms with Crippen molar-refractivity contribution in [3.8, 4) is 0 Å². The fraction of sp³-hybridized carbons (Fsp3) is 0.385. The van der Waals surface area contributed by atoms with Gasteiger partial charge in [-0.15, -0.1) is 0 Å². The number of amides is 2. The van der Waals surface area contributed by atoms with Crippen LogP contribution in [0.4, 0.5) is 10.1 Å². The van der Waals surface area contributed by atoms with Gasteiger partial charge < -0.3 is 10.6 Å². The molecule has 8 heteroatoms. The molecule has 1 aromatic carbocycles. The molecule has 2 amide bonds. The van der Waals surface area contributed by atoms with Crippen molar-refractivity contribution in [3.05, 3.63) is 30.1 Å². The third-order valence-electron chi connectivity index (χ3n) is 2.60. The zero-order chi connectivity index (χ0) is 16.0. The topological polar surface area (TPSA) is 92.3 Å². The summed E-state index contributed by atoms with van der Waals surface area (Å²) in [4.78, 5) is 23.1. The molecule has 0 spiro atoms. The standard InChI is InChI=1S/C13H17FN2O4S/c1-9(17)15-12(7-8-21(2,19)20)13(18)16-11-6-4-3-5-10(11)14/h3-6,12H,7-8H2,1-2H3,(H,15,17)(H,16,18). The molecule has 0 aromatic heterocycles. The zero-order valence-electron chi connectivity index (χ0n) is 11.7. The number of halogens is 1. The molecular weight excluding hydrogens is 299 g/mol. The second-order valence-electron chi connectivity index (χ2n) is 4.64. The average Bonchev–Trinajstić information content (AvgIpc) is 2.35. The molecule has 2 N–H and O–H groups in total. The maximum Gasteiger partial charge on any atom is 0.247 e. The zero-order valence-corrected chi connectivity index (χ0v) is 12.5. The Labute approximate surface area is 122 Å². The monoisotopic (exact) mass is 316 g/mol. The summed E-state index contributed by atoms with van der Waals surface area (Å²) in [7, 11) is -3.27. The number of hydrogen-bond donors (Lipinski definition) is 2. The average molecular weight is 316 g/mol. The summed E-state index contributed by atoms with van der Waals surface area (Å²) in [6.45, 7) is 1.21. The minimum absolute atomic E-state index is 0.0304. The third-order valence-corrected chi connectivity index (χ3v) is 3.58. The fourth-order valence-corrected chi connectivity index (χ4v) is 2.29. The van der Waals surface area contributed by atoms with Crippen molar-refractivity contribution in [2.75, 3.05) is 17.3 Å². The van der Waals surface area contributed by atoms with E-state index in [0.29, 0.717) is 0 Å². The summed E-state index contributed by atoms with van der Waals surface area (Å²) in [5.74, 6) is -2.02. The highest BCUT2D eigenvalue weighted by Crippen LogP contribution is 2.13. The molecule has 1 rings (SSSR count). The molecule has 0 bridgehead atoms. The van der Waals surface area contributed by atoms with Crippen molar-refractivity contribution < 1.29 is 22.4 Å². The number of sulfone groups is 1. The van der Waals surface area contributed by atoms with Crippen LogP contribution in [-0.4, -0.2) is 38.3 Å². The van der Waals surface area contributed by atoms with Gasteiger partial charge >= 0.3 is 0 Å². The van der Waals surface area contributed by atoms with E-state index in [4.69, 9.17) is 0 Å². The molecule has 0 aliphatic heterocycles. The first kappa shape index (κ1) is 17.1. The van der Waals surface area contributed by atoms with Gasteiger partial charge in [-0.05, 0) is 18.6 Å². The molecule has 0 radical (unpaired) electrons. The largest absolute Gasteiger partial charge is 0.345 e. The van der Waals surface area contributed by atoms with E-state index in [1.807, 2.05) is 0 Å². The first-order chi connectivity index (χ1) is 9.69. The summed E-state index contributed by atoms with van der Waals surface area (Å²) in [5, 5.41) is 4.68. The number of carbonyl (C=O) groups is 2. The second-order valence-corrected chi connectivity index (χ2v) is 6.90. The van der Waals surface area contributed by atoms with Crippen LogP contribution in [0.2, 0.25) is 0 Å². The van der Waals surface area contributed by atoms with Crippen molar-refractivity contribution in [2.45, 2.75) is 19.4 Å². The Morgan fingerprint density at radius 1 is 1.29 bits per heavy atom. The Hall–Kier alpha value is -1.96. The lowest BCUT2D eigenvalue weighted by Crippen LogP contribution is -2.44. The van der Waals surface area contributed by atoms with Gasteiger partial charge in [0.1, 0.15) is 21.7 Å². The number of hydrogen-bond acceptors (Lipinski definition) is 4. The Morgan fingerprint density at radius 3 is 2.43 bits per heavy atom. The summed E-state index contributed by atoms with van der Waals surface area (Å²) in [6.07, 6.45) is 0.950. The number of benzene rings is 1. The Morgan fingerprint density at radius 2 is 1.90 bits per heavy atom. The van der Waals surface area contributed by atoms with Gasteiger partial charge in [-0.2, -0.15) is 0 Å². The molecule has 0 aliphatic carbocycles. The van der Waals surface area contributed by atoms with Crippen LogP contribution in [0.3, 0.4) is 0 Å². The van der Waals surface area contributed by atoms with Crippen molar-refractivity contribution in [2.24, 2.45) is 0 Å². The van der Waals surface area contributed by atoms with Gasteiger partial charge in [0, 0.05) is 13.2 Å². The van der Waals surface area contributed by atoms with Gasteiger partial charge in [-0.1, -0.05) is 12.1 Å². The molecular formula is C13H17FN2O4S. The van der Waals surface area contributed by atoms with E-state index in [9.17, 15) is 22.4 Å². The van der Waals surface area contributed by atoms with Crippen LogP contribution in [0.25, 0.3) is 0 Å². The minimum Gasteiger partial charge on any atom is -0.345 e. The first-order valence-electron chi connectivity index (χ1n) is 6.19. The van der Waals surface area contributed by atoms with Gasteiger partial charge in [0.2, 0.25) is 11.8 Å². The number of carbonyl (C=O) groups excluding carboxylic acids is 2. The number of para-hydroxylation sites is 1. The molecule has 1 unspecified atom stereocenters. The van der Waals surface area contributed by atoms with Gasteiger partial charge in [0.25, 0.3) is 0 Å². The predicted octanol–water partition coefficient (Wildman–Crippen LogP) is 0.704. The van der Waals surface area contributed by atoms with Crippen LogP contribution < -0.4 is 10.6 Å². The summed E-state index contributed by atoms with van der Waals surface area (Å²) < 4.78 is 35.8. The molecule has 0 fully saturated rings. The fourth-order valence-electron chi connectivity index (χ4n) is 1.63. The molecule has 0 saturated carbocycles. The van der Waals surface area contributed by atoms with E-state index >= 15 is 0 Å². The Kier molecular flexibility index (Phi) is 5.83. The minimum atomic E-state index is -3.27. The summed E-state index contributed by atoms with van der Waals surface area (Å²) in [5.41, 5.74) is -0.0304. The van der Waals surface area contributed by atoms with Crippen molar-refractivity contribution >= 4 is 27.3 Å². The lowest BCUT2D eigenvalue weighted by atomic mass is 10.2. The maximum atomic E-state index is 13.5. The Balaban J connectivity index is 2.80. The van der Waals surface area contributed by atoms with Crippen LogP contribution >= 0.6 is 0 Å². The molecule has 0 heterocycles. The number of rotatable bonds is 6. The quantitative estimate of drug-likeness (QED) is 0.808. The number of nitrogens with one attached hydrogen (secondary N) is 2. The molecule has 21 heavy (non-hydrogen) atoms. The second kappa shape index (κ2) is 7.16. The van der Waals surface area contributed by atoms with Crippen molar-refractivity contribution in [1.82, 2.24) is 5.32 Å². The van der Waals surface area contributed by atoms with Gasteiger partial charge in [0.05, 0.1) is 11.4 Å².